The second-order valence-electron chi connectivity index (χ2n) is 6.45. The van der Waals surface area contributed by atoms with Crippen molar-refractivity contribution in [1.29, 1.82) is 0 Å². The molecule has 0 spiro atoms. The maximum atomic E-state index is 13.3. The number of hydrogen-bond acceptors (Lipinski definition) is 5. The van der Waals surface area contributed by atoms with Gasteiger partial charge >= 0.3 is 12.1 Å². The van der Waals surface area contributed by atoms with Crippen molar-refractivity contribution in [2.45, 2.75) is 25.2 Å². The Kier molecular flexibility index (Phi) is 5.05. The Labute approximate surface area is 163 Å². The Hall–Kier alpha value is -2.68. The number of hydrogen-bond donors (Lipinski definition) is 2. The standard InChI is InChI=1S/C18H16ClF3N2O4/c1-8-14(17(26)27)23-16-11(19)6-10(18(20,21)22)7-24(16)15(8)9-3-4-12(25)13(5-9)28-2/h3-8,14-15,25H,1-2H3,(H,26,27). The molecule has 2 aliphatic rings. The highest BCUT2D eigenvalue weighted by Gasteiger charge is 2.45. The summed E-state index contributed by atoms with van der Waals surface area (Å²) >= 11 is 6.04. The van der Waals surface area contributed by atoms with Crippen LogP contribution in [0.1, 0.15) is 18.5 Å². The van der Waals surface area contributed by atoms with Gasteiger partial charge in [0.2, 0.25) is 0 Å². The highest BCUT2D eigenvalue weighted by Crippen LogP contribution is 2.44. The van der Waals surface area contributed by atoms with Crippen molar-refractivity contribution in [2.75, 3.05) is 7.11 Å². The number of fused-ring (bicyclic) bond motifs is 1. The van der Waals surface area contributed by atoms with E-state index in [2.05, 4.69) is 4.99 Å². The van der Waals surface area contributed by atoms with Crippen molar-refractivity contribution >= 4 is 23.4 Å². The van der Waals surface area contributed by atoms with Crippen molar-refractivity contribution in [3.63, 3.8) is 0 Å². The van der Waals surface area contributed by atoms with Gasteiger partial charge in [0.15, 0.2) is 17.5 Å². The van der Waals surface area contributed by atoms with Gasteiger partial charge in [0.05, 0.1) is 23.8 Å². The highest BCUT2D eigenvalue weighted by molar-refractivity contribution is 6.43. The molecule has 6 nitrogen and oxygen atoms in total. The van der Waals surface area contributed by atoms with Crippen LogP contribution in [0, 0.1) is 5.92 Å². The summed E-state index contributed by atoms with van der Waals surface area (Å²) in [5.74, 6) is -2.02. The lowest BCUT2D eigenvalue weighted by Crippen LogP contribution is -2.47. The van der Waals surface area contributed by atoms with Crippen LogP contribution in [0.5, 0.6) is 11.5 Å². The second kappa shape index (κ2) is 7.05. The van der Waals surface area contributed by atoms with Gasteiger partial charge in [-0.15, -0.1) is 0 Å². The number of aromatic hydroxyl groups is 1. The van der Waals surface area contributed by atoms with Crippen LogP contribution >= 0.6 is 11.6 Å². The van der Waals surface area contributed by atoms with Gasteiger partial charge in [0.1, 0.15) is 5.84 Å². The Bertz CT molecular complexity index is 911. The van der Waals surface area contributed by atoms with E-state index in [1.807, 2.05) is 0 Å². The van der Waals surface area contributed by atoms with Crippen LogP contribution in [0.2, 0.25) is 0 Å². The molecule has 0 amide bonds. The van der Waals surface area contributed by atoms with E-state index in [-0.39, 0.29) is 22.4 Å². The number of allylic oxidation sites excluding steroid dienone is 2. The molecular formula is C18H16ClF3N2O4. The number of phenolic OH excluding ortho intramolecular Hbond substituents is 1. The molecule has 2 aliphatic heterocycles. The molecule has 0 fully saturated rings. The van der Waals surface area contributed by atoms with Crippen molar-refractivity contribution < 1.29 is 32.9 Å². The fourth-order valence-corrected chi connectivity index (χ4v) is 3.63. The van der Waals surface area contributed by atoms with Crippen molar-refractivity contribution in [1.82, 2.24) is 4.90 Å². The van der Waals surface area contributed by atoms with Crippen LogP contribution < -0.4 is 4.74 Å². The average molecular weight is 417 g/mol. The number of aliphatic imine (C=N–C) groups is 1. The number of rotatable bonds is 3. The molecule has 3 unspecified atom stereocenters. The number of nitrogens with zero attached hydrogens (tertiary/aromatic N) is 2. The molecule has 2 N–H and O–H groups in total. The minimum Gasteiger partial charge on any atom is -0.504 e. The normalized spacial score (nSPS) is 24.7. The molecule has 3 rings (SSSR count). The number of phenols is 1. The van der Waals surface area contributed by atoms with E-state index in [9.17, 15) is 28.2 Å². The van der Waals surface area contributed by atoms with Crippen LogP contribution in [0.25, 0.3) is 0 Å². The van der Waals surface area contributed by atoms with E-state index in [4.69, 9.17) is 16.3 Å². The smallest absolute Gasteiger partial charge is 0.417 e. The molecule has 1 aromatic carbocycles. The zero-order valence-electron chi connectivity index (χ0n) is 14.7. The predicted molar refractivity (Wildman–Crippen MR) is 95.3 cm³/mol. The van der Waals surface area contributed by atoms with E-state index in [1.165, 1.54) is 30.2 Å². The van der Waals surface area contributed by atoms with Crippen LogP contribution in [0.3, 0.4) is 0 Å². The lowest BCUT2D eigenvalue weighted by molar-refractivity contribution is -0.140. The van der Waals surface area contributed by atoms with Gasteiger partial charge in [-0.25, -0.2) is 4.79 Å². The van der Waals surface area contributed by atoms with Gasteiger partial charge < -0.3 is 19.8 Å². The summed E-state index contributed by atoms with van der Waals surface area (Å²) in [7, 11) is 1.33. The number of halogens is 4. The summed E-state index contributed by atoms with van der Waals surface area (Å²) in [6.45, 7) is 1.58. The maximum absolute atomic E-state index is 13.3. The second-order valence-corrected chi connectivity index (χ2v) is 6.86. The van der Waals surface area contributed by atoms with Gasteiger partial charge in [-0.05, 0) is 23.8 Å². The molecular weight excluding hydrogens is 401 g/mol. The first kappa shape index (κ1) is 20.1. The lowest BCUT2D eigenvalue weighted by atomic mass is 9.85. The highest BCUT2D eigenvalue weighted by atomic mass is 35.5. The summed E-state index contributed by atoms with van der Waals surface area (Å²) in [6, 6.07) is 2.24. The fourth-order valence-electron chi connectivity index (χ4n) is 3.37. The molecule has 0 bridgehead atoms. The van der Waals surface area contributed by atoms with Gasteiger partial charge in [-0.2, -0.15) is 13.2 Å². The largest absolute Gasteiger partial charge is 0.504 e. The SMILES string of the molecule is COc1cc(C2C(C)C(C(=O)O)N=C3C(Cl)=CC(C(F)(F)F)=CN32)ccc1O. The van der Waals surface area contributed by atoms with Crippen molar-refractivity contribution in [3.05, 3.63) is 46.6 Å². The molecule has 0 aromatic heterocycles. The summed E-state index contributed by atoms with van der Waals surface area (Å²) in [5.41, 5.74) is -0.530. The average Bonchev–Trinajstić information content (AvgIpc) is 2.61. The third-order valence-corrected chi connectivity index (χ3v) is 4.98. The molecule has 3 atom stereocenters. The first-order valence-corrected chi connectivity index (χ1v) is 8.54. The Morgan fingerprint density at radius 3 is 2.61 bits per heavy atom. The molecule has 0 radical (unpaired) electrons. The van der Waals surface area contributed by atoms with E-state index in [1.54, 1.807) is 6.92 Å². The number of methoxy groups -OCH3 is 1. The third kappa shape index (κ3) is 3.42. The molecule has 10 heteroatoms. The molecule has 0 saturated carbocycles. The number of carbonyl (C=O) groups is 1. The number of carboxylic acids is 1. The Morgan fingerprint density at radius 2 is 2.04 bits per heavy atom. The van der Waals surface area contributed by atoms with Crippen LogP contribution in [0.15, 0.2) is 46.1 Å². The molecule has 1 aromatic rings. The number of alkyl halides is 3. The molecule has 0 aliphatic carbocycles. The number of carboxylic acid groups (broad SMARTS) is 1. The number of amidine groups is 1. The van der Waals surface area contributed by atoms with Crippen molar-refractivity contribution in [2.24, 2.45) is 10.9 Å². The van der Waals surface area contributed by atoms with E-state index < -0.39 is 35.7 Å². The Balaban J connectivity index is 2.19. The number of benzene rings is 1. The van der Waals surface area contributed by atoms with Gasteiger partial charge in [0, 0.05) is 12.1 Å². The quantitative estimate of drug-likeness (QED) is 0.782. The minimum atomic E-state index is -4.64. The van der Waals surface area contributed by atoms with Crippen LogP contribution in [-0.4, -0.2) is 46.2 Å². The molecule has 150 valence electrons. The predicted octanol–water partition coefficient (Wildman–Crippen LogP) is 3.83. The fraction of sp³-hybridized carbons (Fsp3) is 0.333. The first-order valence-electron chi connectivity index (χ1n) is 8.17. The van der Waals surface area contributed by atoms with E-state index in [0.717, 1.165) is 12.3 Å². The van der Waals surface area contributed by atoms with Gasteiger partial charge in [-0.1, -0.05) is 24.6 Å². The van der Waals surface area contributed by atoms with Crippen molar-refractivity contribution in [3.8, 4) is 11.5 Å². The third-order valence-electron chi connectivity index (χ3n) is 4.70. The number of aliphatic carboxylic acids is 1. The monoisotopic (exact) mass is 416 g/mol. The maximum Gasteiger partial charge on any atom is 0.417 e. The lowest BCUT2D eigenvalue weighted by Gasteiger charge is -2.43. The van der Waals surface area contributed by atoms with Crippen LogP contribution in [-0.2, 0) is 4.79 Å². The summed E-state index contributed by atoms with van der Waals surface area (Å²) < 4.78 is 44.9. The zero-order chi connectivity index (χ0) is 20.8. The molecule has 28 heavy (non-hydrogen) atoms. The summed E-state index contributed by atoms with van der Waals surface area (Å²) in [5, 5.41) is 19.0. The van der Waals surface area contributed by atoms with Gasteiger partial charge in [-0.3, -0.25) is 4.99 Å². The van der Waals surface area contributed by atoms with E-state index in [0.29, 0.717) is 5.56 Å². The first-order chi connectivity index (χ1) is 13.0. The molecule has 0 saturated heterocycles. The van der Waals surface area contributed by atoms with E-state index >= 15 is 0 Å². The minimum absolute atomic E-state index is 0.0581. The molecule has 2 heterocycles. The Morgan fingerprint density at radius 1 is 1.36 bits per heavy atom. The zero-order valence-corrected chi connectivity index (χ0v) is 15.5. The number of ether oxygens (including phenoxy) is 1. The topological polar surface area (TPSA) is 82.4 Å². The summed E-state index contributed by atoms with van der Waals surface area (Å²) in [6.07, 6.45) is -3.06. The van der Waals surface area contributed by atoms with Crippen LogP contribution in [0.4, 0.5) is 13.2 Å². The van der Waals surface area contributed by atoms with Gasteiger partial charge in [0.25, 0.3) is 0 Å². The summed E-state index contributed by atoms with van der Waals surface area (Å²) in [4.78, 5) is 17.0.